The van der Waals surface area contributed by atoms with E-state index in [2.05, 4.69) is 15.4 Å². The van der Waals surface area contributed by atoms with Gasteiger partial charge in [-0.2, -0.15) is 0 Å². The van der Waals surface area contributed by atoms with Crippen molar-refractivity contribution in [3.63, 3.8) is 0 Å². The molecule has 0 fully saturated rings. The van der Waals surface area contributed by atoms with E-state index in [1.165, 1.54) is 24.5 Å². The number of nitrogens with one attached hydrogen (secondary N) is 2. The lowest BCUT2D eigenvalue weighted by atomic mass is 10.00. The number of esters is 1. The Morgan fingerprint density at radius 1 is 1.19 bits per heavy atom. The summed E-state index contributed by atoms with van der Waals surface area (Å²) in [4.78, 5) is 26.6. The first kappa shape index (κ1) is 23.2. The Kier molecular flexibility index (Phi) is 7.08. The number of rotatable bonds is 8. The van der Waals surface area contributed by atoms with Crippen LogP contribution in [0.3, 0.4) is 0 Å². The Morgan fingerprint density at radius 2 is 1.94 bits per heavy atom. The summed E-state index contributed by atoms with van der Waals surface area (Å²) in [6.07, 6.45) is -3.41. The van der Waals surface area contributed by atoms with Gasteiger partial charge in [-0.15, -0.1) is 13.2 Å². The summed E-state index contributed by atoms with van der Waals surface area (Å²) in [6, 6.07) is 7.56. The normalized spacial score (nSPS) is 16.6. The van der Waals surface area contributed by atoms with E-state index >= 15 is 0 Å². The summed E-state index contributed by atoms with van der Waals surface area (Å²) >= 11 is 0. The number of nitrogens with zero attached hydrogens (tertiary/aromatic N) is 1. The van der Waals surface area contributed by atoms with E-state index in [0.717, 1.165) is 0 Å². The molecule has 2 amide bonds. The summed E-state index contributed by atoms with van der Waals surface area (Å²) in [5, 5.41) is 5.23. The first-order valence-corrected chi connectivity index (χ1v) is 9.71. The molecule has 1 aromatic carbocycles. The van der Waals surface area contributed by atoms with Crippen LogP contribution < -0.4 is 15.4 Å². The molecule has 3 rings (SSSR count). The molecular formula is C21H22F3N3O5. The predicted molar refractivity (Wildman–Crippen MR) is 106 cm³/mol. The van der Waals surface area contributed by atoms with Crippen LogP contribution in [0.2, 0.25) is 0 Å². The van der Waals surface area contributed by atoms with Gasteiger partial charge in [-0.25, -0.2) is 9.59 Å². The van der Waals surface area contributed by atoms with Crippen molar-refractivity contribution >= 4 is 12.0 Å². The molecule has 1 unspecified atom stereocenters. The molecule has 1 atom stereocenters. The van der Waals surface area contributed by atoms with Gasteiger partial charge in [-0.1, -0.05) is 18.2 Å². The maximum atomic E-state index is 12.7. The van der Waals surface area contributed by atoms with Crippen LogP contribution in [0.1, 0.15) is 24.3 Å². The molecule has 1 aliphatic rings. The Balaban J connectivity index is 1.88. The third-order valence-corrected chi connectivity index (χ3v) is 4.54. The number of alkyl halides is 3. The van der Waals surface area contributed by atoms with Crippen LogP contribution >= 0.6 is 0 Å². The smallest absolute Gasteiger partial charge is 0.467 e. The van der Waals surface area contributed by atoms with Crippen LogP contribution in [0.4, 0.5) is 18.0 Å². The molecule has 32 heavy (non-hydrogen) atoms. The van der Waals surface area contributed by atoms with E-state index < -0.39 is 24.4 Å². The minimum atomic E-state index is -4.83. The third kappa shape index (κ3) is 5.82. The van der Waals surface area contributed by atoms with Gasteiger partial charge >= 0.3 is 18.4 Å². The van der Waals surface area contributed by atoms with Crippen LogP contribution in [-0.4, -0.2) is 43.5 Å². The zero-order valence-corrected chi connectivity index (χ0v) is 17.4. The second-order valence-electron chi connectivity index (χ2n) is 6.99. The van der Waals surface area contributed by atoms with E-state index in [-0.39, 0.29) is 42.3 Å². The molecule has 0 spiro atoms. The van der Waals surface area contributed by atoms with Crippen molar-refractivity contribution < 1.29 is 36.7 Å². The number of amides is 2. The SMILES string of the molecule is CCOC(=O)C1=C(CN(C)Cc2ccccc2OC(F)(F)F)NC(=O)NC1c1ccco1. The fourth-order valence-electron chi connectivity index (χ4n) is 3.34. The molecule has 8 nitrogen and oxygen atoms in total. The number of para-hydroxylation sites is 1. The number of benzene rings is 1. The van der Waals surface area contributed by atoms with Crippen LogP contribution in [0.15, 0.2) is 58.3 Å². The van der Waals surface area contributed by atoms with Crippen LogP contribution in [0.5, 0.6) is 5.75 Å². The van der Waals surface area contributed by atoms with Gasteiger partial charge < -0.3 is 24.5 Å². The average molecular weight is 453 g/mol. The highest BCUT2D eigenvalue weighted by molar-refractivity contribution is 5.95. The molecule has 0 saturated heterocycles. The van der Waals surface area contributed by atoms with Crippen LogP contribution in [0, 0.1) is 0 Å². The average Bonchev–Trinajstić information content (AvgIpc) is 3.23. The number of carbonyl (C=O) groups is 2. The summed E-state index contributed by atoms with van der Waals surface area (Å²) in [7, 11) is 1.64. The number of hydrogen-bond donors (Lipinski definition) is 2. The van der Waals surface area contributed by atoms with Crippen molar-refractivity contribution in [2.75, 3.05) is 20.2 Å². The van der Waals surface area contributed by atoms with Crippen LogP contribution in [0.25, 0.3) is 0 Å². The summed E-state index contributed by atoms with van der Waals surface area (Å²) in [5.41, 5.74) is 0.687. The van der Waals surface area contributed by atoms with E-state index in [0.29, 0.717) is 5.76 Å². The molecule has 0 radical (unpaired) electrons. The monoisotopic (exact) mass is 453 g/mol. The van der Waals surface area contributed by atoms with E-state index in [9.17, 15) is 22.8 Å². The fraction of sp³-hybridized carbons (Fsp3) is 0.333. The Labute approximate surface area is 182 Å². The molecule has 0 bridgehead atoms. The van der Waals surface area contributed by atoms with E-state index in [4.69, 9.17) is 9.15 Å². The van der Waals surface area contributed by atoms with Crippen molar-refractivity contribution in [2.45, 2.75) is 25.9 Å². The minimum Gasteiger partial charge on any atom is -0.467 e. The molecule has 172 valence electrons. The lowest BCUT2D eigenvalue weighted by Gasteiger charge is -2.30. The van der Waals surface area contributed by atoms with Crippen molar-refractivity contribution in [1.82, 2.24) is 15.5 Å². The van der Waals surface area contributed by atoms with Gasteiger partial charge in [0.05, 0.1) is 18.4 Å². The zero-order chi connectivity index (χ0) is 23.3. The number of carbonyl (C=O) groups excluding carboxylic acids is 2. The van der Waals surface area contributed by atoms with E-state index in [1.54, 1.807) is 37.1 Å². The number of ether oxygens (including phenoxy) is 2. The lowest BCUT2D eigenvalue weighted by Crippen LogP contribution is -2.48. The van der Waals surface area contributed by atoms with E-state index in [1.807, 2.05) is 0 Å². The molecule has 2 N–H and O–H groups in total. The van der Waals surface area contributed by atoms with Crippen LogP contribution in [-0.2, 0) is 16.1 Å². The molecule has 0 aliphatic carbocycles. The fourth-order valence-corrected chi connectivity index (χ4v) is 3.34. The Morgan fingerprint density at radius 3 is 2.59 bits per heavy atom. The number of likely N-dealkylation sites (N-methyl/N-ethyl adjacent to an activating group) is 1. The van der Waals surface area contributed by atoms with Gasteiger partial charge in [0.25, 0.3) is 0 Å². The topological polar surface area (TPSA) is 93.0 Å². The molecule has 1 aliphatic heterocycles. The van der Waals surface area contributed by atoms with Gasteiger partial charge in [0, 0.05) is 24.4 Å². The van der Waals surface area contributed by atoms with Gasteiger partial charge in [0.15, 0.2) is 0 Å². The zero-order valence-electron chi connectivity index (χ0n) is 17.4. The van der Waals surface area contributed by atoms with Crippen molar-refractivity contribution in [3.05, 3.63) is 65.3 Å². The molecular weight excluding hydrogens is 431 g/mol. The second kappa shape index (κ2) is 9.77. The minimum absolute atomic E-state index is 0.0408. The number of urea groups is 1. The highest BCUT2D eigenvalue weighted by Gasteiger charge is 2.36. The largest absolute Gasteiger partial charge is 0.573 e. The summed E-state index contributed by atoms with van der Waals surface area (Å²) in [5.74, 6) is -0.633. The molecule has 11 heteroatoms. The highest BCUT2D eigenvalue weighted by Crippen LogP contribution is 2.30. The van der Waals surface area contributed by atoms with Crippen molar-refractivity contribution in [2.24, 2.45) is 0 Å². The first-order chi connectivity index (χ1) is 15.2. The van der Waals surface area contributed by atoms with Gasteiger partial charge in [-0.05, 0) is 32.2 Å². The van der Waals surface area contributed by atoms with Gasteiger partial charge in [0.1, 0.15) is 17.6 Å². The number of halogens is 3. The maximum absolute atomic E-state index is 12.7. The third-order valence-electron chi connectivity index (χ3n) is 4.54. The lowest BCUT2D eigenvalue weighted by molar-refractivity contribution is -0.275. The predicted octanol–water partition coefficient (Wildman–Crippen LogP) is 3.48. The second-order valence-corrected chi connectivity index (χ2v) is 6.99. The summed E-state index contributed by atoms with van der Waals surface area (Å²) in [6.45, 7) is 1.87. The standard InChI is InChI=1S/C21H22F3N3O5/c1-3-30-19(28)17-14(25-20(29)26-18(17)16-9-6-10-31-16)12-27(2)11-13-7-4-5-8-15(13)32-21(22,23)24/h4-10,18H,3,11-12H2,1-2H3,(H2,25,26,29). The molecule has 2 aromatic rings. The van der Waals surface area contributed by atoms with Crippen molar-refractivity contribution in [3.8, 4) is 5.75 Å². The Hall–Kier alpha value is -3.47. The summed E-state index contributed by atoms with van der Waals surface area (Å²) < 4.78 is 52.7. The highest BCUT2D eigenvalue weighted by atomic mass is 19.4. The quantitative estimate of drug-likeness (QED) is 0.595. The number of furan rings is 1. The molecule has 0 saturated carbocycles. The van der Waals surface area contributed by atoms with Gasteiger partial charge in [0.2, 0.25) is 0 Å². The maximum Gasteiger partial charge on any atom is 0.573 e. The number of hydrogen-bond acceptors (Lipinski definition) is 6. The molecule has 1 aromatic heterocycles. The first-order valence-electron chi connectivity index (χ1n) is 9.71. The van der Waals surface area contributed by atoms with Gasteiger partial charge in [-0.3, -0.25) is 4.90 Å². The van der Waals surface area contributed by atoms with Crippen molar-refractivity contribution in [1.29, 1.82) is 0 Å². The molecule has 2 heterocycles. The Bertz CT molecular complexity index is 989.